The molecule has 2 aromatic carbocycles. The maximum atomic E-state index is 11.9. The molecule has 0 aliphatic rings. The molecule has 7 nitrogen and oxygen atoms in total. The summed E-state index contributed by atoms with van der Waals surface area (Å²) in [7, 11) is -3.50. The Balaban J connectivity index is 2.25. The molecule has 2 N–H and O–H groups in total. The second-order valence-corrected chi connectivity index (χ2v) is 7.10. The van der Waals surface area contributed by atoms with Crippen molar-refractivity contribution in [3.63, 3.8) is 0 Å². The van der Waals surface area contributed by atoms with Gasteiger partial charge in [-0.05, 0) is 30.7 Å². The van der Waals surface area contributed by atoms with Crippen LogP contribution in [-0.2, 0) is 10.0 Å². The molecule has 0 bridgehead atoms. The minimum Gasteiger partial charge on any atom is -0.350 e. The number of nitro groups is 1. The van der Waals surface area contributed by atoms with Gasteiger partial charge in [-0.1, -0.05) is 31.5 Å². The van der Waals surface area contributed by atoms with Crippen LogP contribution in [0.2, 0.25) is 0 Å². The second-order valence-electron chi connectivity index (χ2n) is 5.25. The minimum absolute atomic E-state index is 0.0126. The molecule has 0 radical (unpaired) electrons. The van der Waals surface area contributed by atoms with Gasteiger partial charge in [0.2, 0.25) is 10.0 Å². The van der Waals surface area contributed by atoms with Crippen molar-refractivity contribution >= 4 is 32.8 Å². The third kappa shape index (κ3) is 4.95. The average molecular weight is 349 g/mol. The summed E-state index contributed by atoms with van der Waals surface area (Å²) in [6.45, 7) is 1.89. The molecule has 0 amide bonds. The molecule has 0 aliphatic heterocycles. The highest BCUT2D eigenvalue weighted by atomic mass is 32.2. The number of rotatable bonds is 8. The molecule has 0 saturated heterocycles. The van der Waals surface area contributed by atoms with Crippen molar-refractivity contribution in [1.82, 2.24) is 0 Å². The molecule has 2 rings (SSSR count). The van der Waals surface area contributed by atoms with Crippen molar-refractivity contribution in [2.45, 2.75) is 19.8 Å². The maximum Gasteiger partial charge on any atom is 0.294 e. The van der Waals surface area contributed by atoms with Gasteiger partial charge in [-0.3, -0.25) is 14.8 Å². The number of nitrogens with one attached hydrogen (secondary N) is 2. The van der Waals surface area contributed by atoms with Gasteiger partial charge in [0.1, 0.15) is 5.69 Å². The number of benzene rings is 2. The number of nitro benzene ring substituents is 1. The standard InChI is InChI=1S/C16H19N3O4S/c1-2-3-11-24(22,23)18-14-9-10-15(16(12-14)19(20)21)17-13-7-5-4-6-8-13/h4-10,12,17-18H,2-3,11H2,1H3. The number of hydrogen-bond acceptors (Lipinski definition) is 5. The van der Waals surface area contributed by atoms with E-state index in [4.69, 9.17) is 0 Å². The molecule has 0 spiro atoms. The van der Waals surface area contributed by atoms with Crippen molar-refractivity contribution in [2.75, 3.05) is 15.8 Å². The normalized spacial score (nSPS) is 11.0. The van der Waals surface area contributed by atoms with E-state index in [1.165, 1.54) is 18.2 Å². The van der Waals surface area contributed by atoms with Crippen LogP contribution in [0.5, 0.6) is 0 Å². The minimum atomic E-state index is -3.50. The van der Waals surface area contributed by atoms with E-state index in [1.807, 2.05) is 25.1 Å². The van der Waals surface area contributed by atoms with Gasteiger partial charge in [-0.2, -0.15) is 0 Å². The maximum absolute atomic E-state index is 11.9. The Morgan fingerprint density at radius 1 is 1.08 bits per heavy atom. The lowest BCUT2D eigenvalue weighted by Crippen LogP contribution is -2.16. The SMILES string of the molecule is CCCCS(=O)(=O)Nc1ccc(Nc2ccccc2)c([N+](=O)[O-])c1. The zero-order chi connectivity index (χ0) is 17.6. The van der Waals surface area contributed by atoms with Crippen LogP contribution in [0, 0.1) is 10.1 Å². The molecule has 0 aliphatic carbocycles. The Hall–Kier alpha value is -2.61. The molecule has 0 unspecified atom stereocenters. The van der Waals surface area contributed by atoms with Crippen molar-refractivity contribution in [3.05, 3.63) is 58.6 Å². The number of nitrogens with zero attached hydrogens (tertiary/aromatic N) is 1. The lowest BCUT2D eigenvalue weighted by Gasteiger charge is -2.10. The number of para-hydroxylation sites is 1. The van der Waals surface area contributed by atoms with Crippen LogP contribution in [-0.4, -0.2) is 19.1 Å². The Morgan fingerprint density at radius 3 is 2.42 bits per heavy atom. The van der Waals surface area contributed by atoms with Crippen LogP contribution in [0.1, 0.15) is 19.8 Å². The first-order chi connectivity index (χ1) is 11.4. The van der Waals surface area contributed by atoms with E-state index in [9.17, 15) is 18.5 Å². The van der Waals surface area contributed by atoms with E-state index in [-0.39, 0.29) is 17.1 Å². The smallest absolute Gasteiger partial charge is 0.294 e. The van der Waals surface area contributed by atoms with Gasteiger partial charge in [0.25, 0.3) is 5.69 Å². The monoisotopic (exact) mass is 349 g/mol. The van der Waals surface area contributed by atoms with Crippen LogP contribution in [0.4, 0.5) is 22.7 Å². The van der Waals surface area contributed by atoms with Gasteiger partial charge in [0, 0.05) is 11.8 Å². The highest BCUT2D eigenvalue weighted by Crippen LogP contribution is 2.30. The number of hydrogen-bond donors (Lipinski definition) is 2. The van der Waals surface area contributed by atoms with E-state index < -0.39 is 14.9 Å². The first-order valence-corrected chi connectivity index (χ1v) is 9.17. The summed E-state index contributed by atoms with van der Waals surface area (Å²) in [6, 6.07) is 13.2. The van der Waals surface area contributed by atoms with Crippen LogP contribution in [0.25, 0.3) is 0 Å². The third-order valence-electron chi connectivity index (χ3n) is 3.29. The summed E-state index contributed by atoms with van der Waals surface area (Å²) in [5, 5.41) is 14.2. The Morgan fingerprint density at radius 2 is 1.79 bits per heavy atom. The lowest BCUT2D eigenvalue weighted by molar-refractivity contribution is -0.383. The van der Waals surface area contributed by atoms with E-state index in [0.717, 1.165) is 6.42 Å². The summed E-state index contributed by atoms with van der Waals surface area (Å²) < 4.78 is 26.2. The van der Waals surface area contributed by atoms with Crippen LogP contribution >= 0.6 is 0 Å². The molecule has 8 heteroatoms. The Labute approximate surface area is 140 Å². The van der Waals surface area contributed by atoms with E-state index in [0.29, 0.717) is 17.8 Å². The van der Waals surface area contributed by atoms with Gasteiger partial charge >= 0.3 is 0 Å². The number of anilines is 3. The quantitative estimate of drug-likeness (QED) is 0.556. The fourth-order valence-corrected chi connectivity index (χ4v) is 3.35. The molecule has 24 heavy (non-hydrogen) atoms. The van der Waals surface area contributed by atoms with Crippen molar-refractivity contribution in [1.29, 1.82) is 0 Å². The van der Waals surface area contributed by atoms with Crippen LogP contribution in [0.15, 0.2) is 48.5 Å². The molecule has 0 aromatic heterocycles. The van der Waals surface area contributed by atoms with Crippen LogP contribution in [0.3, 0.4) is 0 Å². The molecule has 2 aromatic rings. The van der Waals surface area contributed by atoms with E-state index in [1.54, 1.807) is 12.1 Å². The summed E-state index contributed by atoms with van der Waals surface area (Å²) in [5.41, 5.74) is 0.977. The first kappa shape index (κ1) is 17.7. The Kier molecular flexibility index (Phi) is 5.75. The molecule has 0 fully saturated rings. The second kappa shape index (κ2) is 7.78. The summed E-state index contributed by atoms with van der Waals surface area (Å²) in [5.74, 6) is -0.0126. The van der Waals surface area contributed by atoms with Gasteiger partial charge in [0.15, 0.2) is 0 Å². The van der Waals surface area contributed by atoms with Crippen molar-refractivity contribution in [3.8, 4) is 0 Å². The number of sulfonamides is 1. The zero-order valence-electron chi connectivity index (χ0n) is 13.2. The average Bonchev–Trinajstić information content (AvgIpc) is 2.55. The third-order valence-corrected chi connectivity index (χ3v) is 4.66. The zero-order valence-corrected chi connectivity index (χ0v) is 14.0. The fourth-order valence-electron chi connectivity index (χ4n) is 2.09. The number of unbranched alkanes of at least 4 members (excludes halogenated alkanes) is 1. The topological polar surface area (TPSA) is 101 Å². The molecule has 128 valence electrons. The fraction of sp³-hybridized carbons (Fsp3) is 0.250. The lowest BCUT2D eigenvalue weighted by atomic mass is 10.2. The molecule has 0 heterocycles. The van der Waals surface area contributed by atoms with Gasteiger partial charge in [-0.25, -0.2) is 8.42 Å². The van der Waals surface area contributed by atoms with Crippen molar-refractivity contribution < 1.29 is 13.3 Å². The van der Waals surface area contributed by atoms with Crippen LogP contribution < -0.4 is 10.0 Å². The Bertz CT molecular complexity index is 807. The highest BCUT2D eigenvalue weighted by Gasteiger charge is 2.17. The van der Waals surface area contributed by atoms with E-state index in [2.05, 4.69) is 10.0 Å². The van der Waals surface area contributed by atoms with Gasteiger partial charge < -0.3 is 5.32 Å². The predicted molar refractivity (Wildman–Crippen MR) is 95.1 cm³/mol. The van der Waals surface area contributed by atoms with Gasteiger partial charge in [-0.15, -0.1) is 0 Å². The summed E-state index contributed by atoms with van der Waals surface area (Å²) in [4.78, 5) is 10.7. The largest absolute Gasteiger partial charge is 0.350 e. The highest BCUT2D eigenvalue weighted by molar-refractivity contribution is 7.92. The molecular weight excluding hydrogens is 330 g/mol. The summed E-state index contributed by atoms with van der Waals surface area (Å²) in [6.07, 6.45) is 1.28. The summed E-state index contributed by atoms with van der Waals surface area (Å²) >= 11 is 0. The van der Waals surface area contributed by atoms with Gasteiger partial charge in [0.05, 0.1) is 16.4 Å². The first-order valence-electron chi connectivity index (χ1n) is 7.52. The predicted octanol–water partition coefficient (Wildman–Crippen LogP) is 3.88. The molecule has 0 saturated carbocycles. The molecule has 0 atom stereocenters. The van der Waals surface area contributed by atoms with Crippen molar-refractivity contribution in [2.24, 2.45) is 0 Å². The van der Waals surface area contributed by atoms with E-state index >= 15 is 0 Å². The molecular formula is C16H19N3O4S.